The fourth-order valence-corrected chi connectivity index (χ4v) is 3.50. The molecule has 1 saturated carbocycles. The molecule has 3 rings (SSSR count). The molecular weight excluding hydrogens is 274 g/mol. The molecule has 0 aromatic rings. The third-order valence-corrected chi connectivity index (χ3v) is 4.65. The lowest BCUT2D eigenvalue weighted by Crippen LogP contribution is -2.63. The number of rotatable bonds is 4. The standard InChI is InChI=1S/C14H21N3O4/c1-17-11(18)4-3-10(16-17)14(19)15-12-8-5-6-21-13(8)9(12)7-20-2/h8-9,12-13H,3-7H2,1-2H3,(H,15,19)/t8-,9+,12-,13-/m0/s1. The second-order valence-electron chi connectivity index (χ2n) is 5.87. The summed E-state index contributed by atoms with van der Waals surface area (Å²) < 4.78 is 10.9. The highest BCUT2D eigenvalue weighted by atomic mass is 16.5. The van der Waals surface area contributed by atoms with Crippen molar-refractivity contribution >= 4 is 17.5 Å². The summed E-state index contributed by atoms with van der Waals surface area (Å²) in [6, 6.07) is 0.0792. The van der Waals surface area contributed by atoms with Gasteiger partial charge in [0.15, 0.2) is 0 Å². The summed E-state index contributed by atoms with van der Waals surface area (Å²) in [5.41, 5.74) is 0.427. The molecule has 2 amide bonds. The minimum Gasteiger partial charge on any atom is -0.384 e. The Balaban J connectivity index is 1.64. The van der Waals surface area contributed by atoms with Crippen LogP contribution in [0.5, 0.6) is 0 Å². The van der Waals surface area contributed by atoms with Gasteiger partial charge in [-0.25, -0.2) is 5.01 Å². The van der Waals surface area contributed by atoms with E-state index in [9.17, 15) is 9.59 Å². The predicted molar refractivity (Wildman–Crippen MR) is 74.6 cm³/mol. The third-order valence-electron chi connectivity index (χ3n) is 4.65. The Bertz CT molecular complexity index is 479. The topological polar surface area (TPSA) is 80.2 Å². The van der Waals surface area contributed by atoms with Crippen molar-refractivity contribution in [3.05, 3.63) is 0 Å². The summed E-state index contributed by atoms with van der Waals surface area (Å²) >= 11 is 0. The van der Waals surface area contributed by atoms with Gasteiger partial charge in [-0.15, -0.1) is 0 Å². The lowest BCUT2D eigenvalue weighted by atomic mass is 9.67. The Hall–Kier alpha value is -1.47. The predicted octanol–water partition coefficient (Wildman–Crippen LogP) is -0.239. The minimum absolute atomic E-state index is 0.0586. The molecule has 4 atom stereocenters. The lowest BCUT2D eigenvalue weighted by molar-refractivity contribution is -0.130. The average molecular weight is 295 g/mol. The number of nitrogens with zero attached hydrogens (tertiary/aromatic N) is 2. The van der Waals surface area contributed by atoms with Gasteiger partial charge in [-0.2, -0.15) is 5.10 Å². The van der Waals surface area contributed by atoms with E-state index in [-0.39, 0.29) is 29.9 Å². The first kappa shape index (κ1) is 14.5. The molecule has 0 unspecified atom stereocenters. The number of fused-ring (bicyclic) bond motifs is 1. The van der Waals surface area contributed by atoms with Gasteiger partial charge >= 0.3 is 0 Å². The first-order valence-corrected chi connectivity index (χ1v) is 7.37. The van der Waals surface area contributed by atoms with Crippen LogP contribution in [0.3, 0.4) is 0 Å². The van der Waals surface area contributed by atoms with Crippen molar-refractivity contribution in [2.75, 3.05) is 27.4 Å². The number of hydrogen-bond donors (Lipinski definition) is 1. The maximum atomic E-state index is 12.3. The molecule has 2 heterocycles. The van der Waals surface area contributed by atoms with Crippen molar-refractivity contribution in [3.8, 4) is 0 Å². The number of methoxy groups -OCH3 is 1. The number of nitrogens with one attached hydrogen (secondary N) is 1. The summed E-state index contributed by atoms with van der Waals surface area (Å²) in [5.74, 6) is 0.343. The molecule has 0 spiro atoms. The van der Waals surface area contributed by atoms with Crippen LogP contribution in [0.4, 0.5) is 0 Å². The number of carbonyl (C=O) groups excluding carboxylic acids is 2. The van der Waals surface area contributed by atoms with Gasteiger partial charge in [0.1, 0.15) is 5.71 Å². The van der Waals surface area contributed by atoms with E-state index in [0.717, 1.165) is 13.0 Å². The maximum absolute atomic E-state index is 12.3. The van der Waals surface area contributed by atoms with Crippen LogP contribution in [0, 0.1) is 11.8 Å². The highest BCUT2D eigenvalue weighted by Gasteiger charge is 2.54. The molecule has 7 nitrogen and oxygen atoms in total. The number of ether oxygens (including phenoxy) is 2. The Morgan fingerprint density at radius 3 is 3.05 bits per heavy atom. The van der Waals surface area contributed by atoms with E-state index in [1.54, 1.807) is 14.2 Å². The van der Waals surface area contributed by atoms with E-state index in [4.69, 9.17) is 9.47 Å². The maximum Gasteiger partial charge on any atom is 0.267 e. The Kier molecular flexibility index (Phi) is 3.95. The quantitative estimate of drug-likeness (QED) is 0.776. The highest BCUT2D eigenvalue weighted by molar-refractivity contribution is 6.39. The molecule has 3 aliphatic rings. The molecular formula is C14H21N3O4. The number of hydrogen-bond acceptors (Lipinski definition) is 5. The summed E-state index contributed by atoms with van der Waals surface area (Å²) in [6.07, 6.45) is 1.92. The van der Waals surface area contributed by atoms with Crippen molar-refractivity contribution < 1.29 is 19.1 Å². The zero-order chi connectivity index (χ0) is 15.0. The normalized spacial score (nSPS) is 35.0. The largest absolute Gasteiger partial charge is 0.384 e. The van der Waals surface area contributed by atoms with E-state index in [1.165, 1.54) is 5.01 Å². The van der Waals surface area contributed by atoms with E-state index in [2.05, 4.69) is 10.4 Å². The third kappa shape index (κ3) is 2.55. The molecule has 1 N–H and O–H groups in total. The zero-order valence-corrected chi connectivity index (χ0v) is 12.4. The van der Waals surface area contributed by atoms with Crippen molar-refractivity contribution in [2.45, 2.75) is 31.4 Å². The van der Waals surface area contributed by atoms with E-state index in [0.29, 0.717) is 31.1 Å². The SMILES string of the molecule is COC[C@@H]1[C@@H](NC(=O)C2=NN(C)C(=O)CC2)[C@@H]2CCO[C@H]12. The summed E-state index contributed by atoms with van der Waals surface area (Å²) in [6.45, 7) is 1.33. The fraction of sp³-hybridized carbons (Fsp3) is 0.786. The van der Waals surface area contributed by atoms with Gasteiger partial charge < -0.3 is 14.8 Å². The first-order valence-electron chi connectivity index (χ1n) is 7.37. The van der Waals surface area contributed by atoms with Gasteiger partial charge in [0, 0.05) is 51.5 Å². The highest BCUT2D eigenvalue weighted by Crippen LogP contribution is 2.43. The summed E-state index contributed by atoms with van der Waals surface area (Å²) in [4.78, 5) is 23.7. The smallest absolute Gasteiger partial charge is 0.267 e. The van der Waals surface area contributed by atoms with Crippen LogP contribution < -0.4 is 5.32 Å². The van der Waals surface area contributed by atoms with Gasteiger partial charge in [-0.05, 0) is 6.42 Å². The molecule has 0 aromatic carbocycles. The van der Waals surface area contributed by atoms with Crippen molar-refractivity contribution in [1.29, 1.82) is 0 Å². The first-order chi connectivity index (χ1) is 10.1. The Morgan fingerprint density at radius 1 is 1.52 bits per heavy atom. The molecule has 0 bridgehead atoms. The minimum atomic E-state index is -0.175. The number of amides is 2. The van der Waals surface area contributed by atoms with Crippen LogP contribution >= 0.6 is 0 Å². The second kappa shape index (κ2) is 5.73. The Morgan fingerprint density at radius 2 is 2.33 bits per heavy atom. The molecule has 7 heteroatoms. The van der Waals surface area contributed by atoms with E-state index >= 15 is 0 Å². The van der Waals surface area contributed by atoms with E-state index < -0.39 is 0 Å². The van der Waals surface area contributed by atoms with Crippen LogP contribution in [-0.2, 0) is 19.1 Å². The monoisotopic (exact) mass is 295 g/mol. The van der Waals surface area contributed by atoms with Gasteiger partial charge in [0.2, 0.25) is 5.91 Å². The molecule has 21 heavy (non-hydrogen) atoms. The fourth-order valence-electron chi connectivity index (χ4n) is 3.50. The van der Waals surface area contributed by atoms with Crippen molar-refractivity contribution in [2.24, 2.45) is 16.9 Å². The molecule has 0 radical (unpaired) electrons. The number of carbonyl (C=O) groups is 2. The lowest BCUT2D eigenvalue weighted by Gasteiger charge is -2.47. The molecule has 1 saturated heterocycles. The molecule has 0 aromatic heterocycles. The van der Waals surface area contributed by atoms with Crippen LogP contribution in [0.1, 0.15) is 19.3 Å². The summed E-state index contributed by atoms with van der Waals surface area (Å²) in [7, 11) is 3.24. The van der Waals surface area contributed by atoms with Crippen LogP contribution in [0.2, 0.25) is 0 Å². The average Bonchev–Trinajstić information content (AvgIpc) is 2.89. The molecule has 2 aliphatic heterocycles. The van der Waals surface area contributed by atoms with Crippen LogP contribution in [0.25, 0.3) is 0 Å². The van der Waals surface area contributed by atoms with Gasteiger partial charge in [0.05, 0.1) is 12.7 Å². The van der Waals surface area contributed by atoms with Crippen molar-refractivity contribution in [1.82, 2.24) is 10.3 Å². The molecule has 116 valence electrons. The summed E-state index contributed by atoms with van der Waals surface area (Å²) in [5, 5.41) is 8.36. The Labute approximate surface area is 123 Å². The zero-order valence-electron chi connectivity index (χ0n) is 12.4. The van der Waals surface area contributed by atoms with Crippen molar-refractivity contribution in [3.63, 3.8) is 0 Å². The van der Waals surface area contributed by atoms with E-state index in [1.807, 2.05) is 0 Å². The number of hydrazone groups is 1. The second-order valence-corrected chi connectivity index (χ2v) is 5.87. The molecule has 1 aliphatic carbocycles. The van der Waals surface area contributed by atoms with Gasteiger partial charge in [0.25, 0.3) is 5.91 Å². The van der Waals surface area contributed by atoms with Gasteiger partial charge in [-0.1, -0.05) is 0 Å². The molecule has 2 fully saturated rings. The van der Waals surface area contributed by atoms with Crippen LogP contribution in [0.15, 0.2) is 5.10 Å². The van der Waals surface area contributed by atoms with Gasteiger partial charge in [-0.3, -0.25) is 9.59 Å². The van der Waals surface area contributed by atoms with Crippen LogP contribution in [-0.4, -0.2) is 62.1 Å².